The molecule has 0 aliphatic rings. The summed E-state index contributed by atoms with van der Waals surface area (Å²) in [6, 6.07) is 11.6. The fourth-order valence-electron chi connectivity index (χ4n) is 2.52. The maximum absolute atomic E-state index is 11.5. The number of aromatic nitrogens is 4. The van der Waals surface area contributed by atoms with E-state index in [4.69, 9.17) is 0 Å². The number of nitrogens with one attached hydrogen (secondary N) is 1. The molecule has 0 saturated carbocycles. The molecule has 1 aromatic carbocycles. The van der Waals surface area contributed by atoms with E-state index in [1.807, 2.05) is 47.1 Å². The smallest absolute Gasteiger partial charge is 0.209 e. The van der Waals surface area contributed by atoms with E-state index in [0.29, 0.717) is 5.56 Å². The van der Waals surface area contributed by atoms with Crippen molar-refractivity contribution in [2.45, 2.75) is 6.92 Å². The molecular weight excluding hydrogens is 322 g/mol. The van der Waals surface area contributed by atoms with Crippen molar-refractivity contribution >= 4 is 33.6 Å². The SMILES string of the molecule is CC(=O)c1ccn2c(-c3cccc(Nc4nncs4)c3)cnc2c1. The number of rotatable bonds is 4. The van der Waals surface area contributed by atoms with Gasteiger partial charge in [0.2, 0.25) is 5.13 Å². The summed E-state index contributed by atoms with van der Waals surface area (Å²) < 4.78 is 1.97. The summed E-state index contributed by atoms with van der Waals surface area (Å²) >= 11 is 1.45. The van der Waals surface area contributed by atoms with Gasteiger partial charge in [0.1, 0.15) is 11.2 Å². The number of imidazole rings is 1. The molecule has 0 bridgehead atoms. The predicted molar refractivity (Wildman–Crippen MR) is 93.8 cm³/mol. The van der Waals surface area contributed by atoms with Crippen molar-refractivity contribution in [2.24, 2.45) is 0 Å². The van der Waals surface area contributed by atoms with Crippen molar-refractivity contribution in [1.29, 1.82) is 0 Å². The minimum Gasteiger partial charge on any atom is -0.330 e. The fourth-order valence-corrected chi connectivity index (χ4v) is 2.99. The normalized spacial score (nSPS) is 10.9. The van der Waals surface area contributed by atoms with Crippen LogP contribution in [0.25, 0.3) is 16.9 Å². The molecule has 4 aromatic rings. The van der Waals surface area contributed by atoms with Crippen molar-refractivity contribution in [1.82, 2.24) is 19.6 Å². The first-order valence-corrected chi connectivity index (χ1v) is 8.20. The first kappa shape index (κ1) is 14.5. The number of nitrogens with zero attached hydrogens (tertiary/aromatic N) is 4. The monoisotopic (exact) mass is 335 g/mol. The molecule has 3 heterocycles. The van der Waals surface area contributed by atoms with Crippen molar-refractivity contribution in [3.8, 4) is 11.3 Å². The lowest BCUT2D eigenvalue weighted by Gasteiger charge is -2.06. The van der Waals surface area contributed by atoms with Gasteiger partial charge in [0.25, 0.3) is 0 Å². The van der Waals surface area contributed by atoms with E-state index < -0.39 is 0 Å². The molecule has 0 saturated heterocycles. The van der Waals surface area contributed by atoms with Crippen LogP contribution in [0.15, 0.2) is 54.3 Å². The van der Waals surface area contributed by atoms with E-state index in [2.05, 4.69) is 20.5 Å². The highest BCUT2D eigenvalue weighted by atomic mass is 32.1. The zero-order valence-corrected chi connectivity index (χ0v) is 13.6. The number of hydrogen-bond acceptors (Lipinski definition) is 6. The Balaban J connectivity index is 1.73. The summed E-state index contributed by atoms with van der Waals surface area (Å²) in [5, 5.41) is 11.8. The summed E-state index contributed by atoms with van der Waals surface area (Å²) in [4.78, 5) is 15.9. The topological polar surface area (TPSA) is 72.2 Å². The molecule has 0 radical (unpaired) electrons. The maximum atomic E-state index is 11.5. The van der Waals surface area contributed by atoms with Crippen LogP contribution in [0.3, 0.4) is 0 Å². The van der Waals surface area contributed by atoms with Crippen LogP contribution < -0.4 is 5.32 Å². The Labute approximate surface area is 141 Å². The van der Waals surface area contributed by atoms with E-state index in [1.165, 1.54) is 11.3 Å². The lowest BCUT2D eigenvalue weighted by atomic mass is 10.1. The lowest BCUT2D eigenvalue weighted by Crippen LogP contribution is -1.95. The minimum absolute atomic E-state index is 0.0327. The summed E-state index contributed by atoms with van der Waals surface area (Å²) in [6.07, 6.45) is 3.68. The Kier molecular flexibility index (Phi) is 3.55. The van der Waals surface area contributed by atoms with Gasteiger partial charge in [-0.25, -0.2) is 4.98 Å². The number of benzene rings is 1. The highest BCUT2D eigenvalue weighted by Crippen LogP contribution is 2.26. The number of fused-ring (bicyclic) bond motifs is 1. The Morgan fingerprint density at radius 1 is 1.25 bits per heavy atom. The molecule has 7 heteroatoms. The van der Waals surface area contributed by atoms with Crippen LogP contribution in [0.2, 0.25) is 0 Å². The van der Waals surface area contributed by atoms with Gasteiger partial charge in [-0.2, -0.15) is 0 Å². The third-order valence-electron chi connectivity index (χ3n) is 3.69. The Morgan fingerprint density at radius 3 is 2.96 bits per heavy atom. The van der Waals surface area contributed by atoms with Gasteiger partial charge in [-0.05, 0) is 31.2 Å². The summed E-state index contributed by atoms with van der Waals surface area (Å²) in [6.45, 7) is 1.55. The first-order chi connectivity index (χ1) is 11.7. The molecule has 6 nitrogen and oxygen atoms in total. The molecule has 0 aliphatic carbocycles. The molecule has 0 fully saturated rings. The van der Waals surface area contributed by atoms with Crippen LogP contribution in [0, 0.1) is 0 Å². The van der Waals surface area contributed by atoms with Gasteiger partial charge >= 0.3 is 0 Å². The molecule has 24 heavy (non-hydrogen) atoms. The Hall–Kier alpha value is -3.06. The van der Waals surface area contributed by atoms with Crippen LogP contribution in [0.4, 0.5) is 10.8 Å². The van der Waals surface area contributed by atoms with Gasteiger partial charge in [0, 0.05) is 23.0 Å². The zero-order chi connectivity index (χ0) is 16.5. The van der Waals surface area contributed by atoms with Gasteiger partial charge < -0.3 is 5.32 Å². The molecule has 118 valence electrons. The summed E-state index contributed by atoms with van der Waals surface area (Å²) in [7, 11) is 0. The zero-order valence-electron chi connectivity index (χ0n) is 12.8. The van der Waals surface area contributed by atoms with Crippen molar-refractivity contribution in [3.05, 3.63) is 59.9 Å². The van der Waals surface area contributed by atoms with E-state index >= 15 is 0 Å². The highest BCUT2D eigenvalue weighted by molar-refractivity contribution is 7.13. The number of ketones is 1. The molecule has 4 rings (SSSR count). The molecular formula is C17H13N5OS. The van der Waals surface area contributed by atoms with Crippen LogP contribution in [0.1, 0.15) is 17.3 Å². The summed E-state index contributed by atoms with van der Waals surface area (Å²) in [5.74, 6) is 0.0327. The van der Waals surface area contributed by atoms with Gasteiger partial charge in [0.15, 0.2) is 5.78 Å². The van der Waals surface area contributed by atoms with Gasteiger partial charge in [-0.15, -0.1) is 10.2 Å². The van der Waals surface area contributed by atoms with Crippen LogP contribution in [-0.4, -0.2) is 25.4 Å². The predicted octanol–water partition coefficient (Wildman–Crippen LogP) is 3.80. The van der Waals surface area contributed by atoms with E-state index in [1.54, 1.807) is 18.5 Å². The number of anilines is 2. The van der Waals surface area contributed by atoms with Crippen molar-refractivity contribution in [2.75, 3.05) is 5.32 Å². The summed E-state index contributed by atoms with van der Waals surface area (Å²) in [5.41, 5.74) is 6.00. The third-order valence-corrected chi connectivity index (χ3v) is 4.30. The lowest BCUT2D eigenvalue weighted by molar-refractivity contribution is 0.101. The molecule has 1 N–H and O–H groups in total. The average Bonchev–Trinajstić information content (AvgIpc) is 3.23. The fraction of sp³-hybridized carbons (Fsp3) is 0.0588. The number of carbonyl (C=O) groups is 1. The number of carbonyl (C=O) groups excluding carboxylic acids is 1. The highest BCUT2D eigenvalue weighted by Gasteiger charge is 2.09. The van der Waals surface area contributed by atoms with E-state index in [9.17, 15) is 4.79 Å². The largest absolute Gasteiger partial charge is 0.330 e. The second kappa shape index (κ2) is 5.86. The van der Waals surface area contributed by atoms with Crippen molar-refractivity contribution in [3.63, 3.8) is 0 Å². The maximum Gasteiger partial charge on any atom is 0.209 e. The van der Waals surface area contributed by atoms with Crippen molar-refractivity contribution < 1.29 is 4.79 Å². The standard InChI is InChI=1S/C17H13N5OS/c1-11(23)12-5-6-22-15(9-18-16(22)8-12)13-3-2-4-14(7-13)20-17-21-19-10-24-17/h2-10H,1H3,(H,20,21). The first-order valence-electron chi connectivity index (χ1n) is 7.32. The Bertz CT molecular complexity index is 1020. The van der Waals surface area contributed by atoms with Gasteiger partial charge in [0.05, 0.1) is 11.9 Å². The average molecular weight is 335 g/mol. The van der Waals surface area contributed by atoms with Crippen LogP contribution in [-0.2, 0) is 0 Å². The molecule has 3 aromatic heterocycles. The third kappa shape index (κ3) is 2.65. The van der Waals surface area contributed by atoms with E-state index in [-0.39, 0.29) is 5.78 Å². The minimum atomic E-state index is 0.0327. The quantitative estimate of drug-likeness (QED) is 0.574. The second-order valence-corrected chi connectivity index (χ2v) is 6.13. The van der Waals surface area contributed by atoms with Gasteiger partial charge in [-0.1, -0.05) is 23.5 Å². The number of hydrogen-bond donors (Lipinski definition) is 1. The van der Waals surface area contributed by atoms with Crippen LogP contribution in [0.5, 0.6) is 0 Å². The van der Waals surface area contributed by atoms with Gasteiger partial charge in [-0.3, -0.25) is 9.20 Å². The Morgan fingerprint density at radius 2 is 2.17 bits per heavy atom. The molecule has 0 unspecified atom stereocenters. The molecule has 0 aliphatic heterocycles. The molecule has 0 amide bonds. The molecule has 0 spiro atoms. The number of Topliss-reactive ketones (excluding diaryl/α,β-unsaturated/α-hetero) is 1. The molecule has 0 atom stereocenters. The second-order valence-electron chi connectivity index (χ2n) is 5.29. The van der Waals surface area contributed by atoms with E-state index in [0.717, 1.165) is 27.7 Å². The number of pyridine rings is 1. The van der Waals surface area contributed by atoms with Crippen LogP contribution >= 0.6 is 11.3 Å².